The fraction of sp³-hybridized carbons (Fsp3) is 0.524. The number of carbonyl (C=O) groups excluding carboxylic acids is 1. The molecule has 1 fully saturated rings. The normalized spacial score (nSPS) is 16.1. The van der Waals surface area contributed by atoms with Crippen molar-refractivity contribution in [3.8, 4) is 0 Å². The first-order chi connectivity index (χ1) is 13.6. The van der Waals surface area contributed by atoms with Crippen LogP contribution in [0.15, 0.2) is 42.7 Å². The lowest BCUT2D eigenvalue weighted by atomic mass is 10.0. The number of anilines is 1. The van der Waals surface area contributed by atoms with Crippen molar-refractivity contribution < 1.29 is 9.53 Å². The van der Waals surface area contributed by atoms with Gasteiger partial charge in [0.25, 0.3) is 0 Å². The minimum Gasteiger partial charge on any atom is -0.379 e. The summed E-state index contributed by atoms with van der Waals surface area (Å²) in [6.07, 6.45) is 4.72. The van der Waals surface area contributed by atoms with Crippen molar-refractivity contribution in [2.75, 3.05) is 38.2 Å². The van der Waals surface area contributed by atoms with Gasteiger partial charge in [0.05, 0.1) is 19.8 Å². The van der Waals surface area contributed by atoms with E-state index in [9.17, 15) is 4.79 Å². The van der Waals surface area contributed by atoms with Gasteiger partial charge in [-0.2, -0.15) is 5.10 Å². The first-order valence-corrected chi connectivity index (χ1v) is 10.0. The maximum absolute atomic E-state index is 12.6. The van der Waals surface area contributed by atoms with Crippen LogP contribution in [0.1, 0.15) is 25.8 Å². The first kappa shape index (κ1) is 20.4. The van der Waals surface area contributed by atoms with Crippen LogP contribution in [-0.4, -0.2) is 59.6 Å². The predicted molar refractivity (Wildman–Crippen MR) is 110 cm³/mol. The fourth-order valence-corrected chi connectivity index (χ4v) is 3.57. The molecule has 1 aliphatic heterocycles. The first-order valence-electron chi connectivity index (χ1n) is 10.0. The second-order valence-electron chi connectivity index (χ2n) is 7.63. The number of nitrogens with one attached hydrogen (secondary N) is 2. The van der Waals surface area contributed by atoms with Crippen molar-refractivity contribution in [1.29, 1.82) is 0 Å². The lowest BCUT2D eigenvalue weighted by Gasteiger charge is -2.35. The van der Waals surface area contributed by atoms with Crippen LogP contribution < -0.4 is 10.6 Å². The van der Waals surface area contributed by atoms with Crippen LogP contribution in [0, 0.1) is 5.92 Å². The summed E-state index contributed by atoms with van der Waals surface area (Å²) in [4.78, 5) is 15.0. The van der Waals surface area contributed by atoms with E-state index in [4.69, 9.17) is 4.74 Å². The fourth-order valence-electron chi connectivity index (χ4n) is 3.57. The summed E-state index contributed by atoms with van der Waals surface area (Å²) < 4.78 is 7.31. The van der Waals surface area contributed by atoms with Gasteiger partial charge < -0.3 is 15.4 Å². The highest BCUT2D eigenvalue weighted by molar-refractivity contribution is 5.90. The zero-order valence-electron chi connectivity index (χ0n) is 16.8. The van der Waals surface area contributed by atoms with Crippen molar-refractivity contribution in [1.82, 2.24) is 20.0 Å². The van der Waals surface area contributed by atoms with Crippen LogP contribution in [0.5, 0.6) is 0 Å². The van der Waals surface area contributed by atoms with Gasteiger partial charge in [-0.05, 0) is 30.0 Å². The second kappa shape index (κ2) is 10.2. The number of urea groups is 1. The number of hydrogen-bond donors (Lipinski definition) is 2. The Bertz CT molecular complexity index is 726. The molecule has 0 aliphatic carbocycles. The zero-order valence-corrected chi connectivity index (χ0v) is 16.8. The molecule has 7 heteroatoms. The molecule has 1 aromatic carbocycles. The molecule has 152 valence electrons. The predicted octanol–water partition coefficient (Wildman–Crippen LogP) is 2.80. The van der Waals surface area contributed by atoms with Crippen LogP contribution in [-0.2, 0) is 11.3 Å². The van der Waals surface area contributed by atoms with Gasteiger partial charge in [-0.15, -0.1) is 0 Å². The van der Waals surface area contributed by atoms with E-state index >= 15 is 0 Å². The van der Waals surface area contributed by atoms with Gasteiger partial charge in [0.2, 0.25) is 0 Å². The van der Waals surface area contributed by atoms with Crippen LogP contribution >= 0.6 is 0 Å². The van der Waals surface area contributed by atoms with E-state index in [-0.39, 0.29) is 6.03 Å². The second-order valence-corrected chi connectivity index (χ2v) is 7.63. The SMILES string of the molecule is CC(C)C[C@H](CNC(=O)Nc1ccccc1Cn1cccn1)N1CCOCC1. The van der Waals surface area contributed by atoms with Crippen molar-refractivity contribution >= 4 is 11.7 Å². The van der Waals surface area contributed by atoms with E-state index in [1.165, 1.54) is 0 Å². The average Bonchev–Trinajstić information content (AvgIpc) is 3.20. The molecular formula is C21H31N5O2. The van der Waals surface area contributed by atoms with Gasteiger partial charge >= 0.3 is 6.03 Å². The Kier molecular flexibility index (Phi) is 7.45. The number of rotatable bonds is 8. The Morgan fingerprint density at radius 2 is 2.00 bits per heavy atom. The summed E-state index contributed by atoms with van der Waals surface area (Å²) in [5, 5.41) is 10.3. The molecule has 2 amide bonds. The highest BCUT2D eigenvalue weighted by Crippen LogP contribution is 2.17. The van der Waals surface area contributed by atoms with Crippen LogP contribution in [0.2, 0.25) is 0 Å². The number of aromatic nitrogens is 2. The molecule has 1 aliphatic rings. The third kappa shape index (κ3) is 6.07. The van der Waals surface area contributed by atoms with Gasteiger partial charge in [0, 0.05) is 43.8 Å². The van der Waals surface area contributed by atoms with Crippen molar-refractivity contribution in [2.24, 2.45) is 5.92 Å². The van der Waals surface area contributed by atoms with Gasteiger partial charge in [-0.1, -0.05) is 32.0 Å². The molecule has 2 aromatic rings. The molecule has 1 saturated heterocycles. The number of ether oxygens (including phenoxy) is 1. The lowest BCUT2D eigenvalue weighted by molar-refractivity contribution is 0.0130. The number of hydrogen-bond acceptors (Lipinski definition) is 4. The molecule has 3 rings (SSSR count). The summed E-state index contributed by atoms with van der Waals surface area (Å²) in [5.41, 5.74) is 1.83. The molecule has 1 aromatic heterocycles. The Balaban J connectivity index is 1.57. The Morgan fingerprint density at radius 1 is 1.21 bits per heavy atom. The van der Waals surface area contributed by atoms with Gasteiger partial charge in [-0.25, -0.2) is 4.79 Å². The van der Waals surface area contributed by atoms with Gasteiger partial charge in [0.1, 0.15) is 0 Å². The minimum absolute atomic E-state index is 0.171. The molecule has 1 atom stereocenters. The van der Waals surface area contributed by atoms with Crippen molar-refractivity contribution in [3.05, 3.63) is 48.3 Å². The Hall–Kier alpha value is -2.38. The monoisotopic (exact) mass is 385 g/mol. The third-order valence-corrected chi connectivity index (χ3v) is 4.96. The summed E-state index contributed by atoms with van der Waals surface area (Å²) in [5.74, 6) is 0.576. The average molecular weight is 386 g/mol. The van der Waals surface area contributed by atoms with Crippen molar-refractivity contribution in [3.63, 3.8) is 0 Å². The highest BCUT2D eigenvalue weighted by atomic mass is 16.5. The van der Waals surface area contributed by atoms with E-state index in [0.717, 1.165) is 44.0 Å². The Morgan fingerprint density at radius 3 is 2.71 bits per heavy atom. The summed E-state index contributed by atoms with van der Waals surface area (Å²) >= 11 is 0. The molecule has 0 saturated carbocycles. The summed E-state index contributed by atoms with van der Waals surface area (Å²) in [7, 11) is 0. The number of nitrogens with zero attached hydrogens (tertiary/aromatic N) is 3. The highest BCUT2D eigenvalue weighted by Gasteiger charge is 2.22. The summed E-state index contributed by atoms with van der Waals surface area (Å²) in [6, 6.07) is 9.88. The maximum atomic E-state index is 12.6. The number of carbonyl (C=O) groups is 1. The smallest absolute Gasteiger partial charge is 0.319 e. The number of benzene rings is 1. The van der Waals surface area contributed by atoms with E-state index in [1.807, 2.05) is 41.2 Å². The summed E-state index contributed by atoms with van der Waals surface area (Å²) in [6.45, 7) is 9.07. The van der Waals surface area contributed by atoms with E-state index < -0.39 is 0 Å². The maximum Gasteiger partial charge on any atom is 0.319 e. The van der Waals surface area contributed by atoms with Crippen molar-refractivity contribution in [2.45, 2.75) is 32.9 Å². The van der Waals surface area contributed by atoms with Crippen LogP contribution in [0.25, 0.3) is 0 Å². The molecule has 2 heterocycles. The number of amides is 2. The number of morpholine rings is 1. The molecule has 0 bridgehead atoms. The van der Waals surface area contributed by atoms with Gasteiger partial charge in [0.15, 0.2) is 0 Å². The van der Waals surface area contributed by atoms with E-state index in [1.54, 1.807) is 6.20 Å². The largest absolute Gasteiger partial charge is 0.379 e. The zero-order chi connectivity index (χ0) is 19.8. The molecule has 0 unspecified atom stereocenters. The Labute approximate surface area is 167 Å². The lowest BCUT2D eigenvalue weighted by Crippen LogP contribution is -2.49. The molecule has 7 nitrogen and oxygen atoms in total. The quantitative estimate of drug-likeness (QED) is 0.733. The molecule has 2 N–H and O–H groups in total. The minimum atomic E-state index is -0.171. The van der Waals surface area contributed by atoms with E-state index in [2.05, 4.69) is 34.5 Å². The van der Waals surface area contributed by atoms with E-state index in [0.29, 0.717) is 25.0 Å². The third-order valence-electron chi connectivity index (χ3n) is 4.96. The standard InChI is InChI=1S/C21H31N5O2/c1-17(2)14-19(25-10-12-28-13-11-25)15-22-21(27)24-20-7-4-3-6-18(20)16-26-9-5-8-23-26/h3-9,17,19H,10-16H2,1-2H3,(H2,22,24,27)/t19-/m1/s1. The topological polar surface area (TPSA) is 71.4 Å². The van der Waals surface area contributed by atoms with Gasteiger partial charge in [-0.3, -0.25) is 9.58 Å². The van der Waals surface area contributed by atoms with Crippen LogP contribution in [0.3, 0.4) is 0 Å². The molecular weight excluding hydrogens is 354 g/mol. The molecule has 0 radical (unpaired) electrons. The molecule has 28 heavy (non-hydrogen) atoms. The number of para-hydroxylation sites is 1. The van der Waals surface area contributed by atoms with Crippen LogP contribution in [0.4, 0.5) is 10.5 Å². The molecule has 0 spiro atoms.